The van der Waals surface area contributed by atoms with Gasteiger partial charge in [-0.15, -0.1) is 0 Å². The predicted molar refractivity (Wildman–Crippen MR) is 144 cm³/mol. The van der Waals surface area contributed by atoms with E-state index in [4.69, 9.17) is 16.3 Å². The fraction of sp³-hybridized carbons (Fsp3) is 0.259. The van der Waals surface area contributed by atoms with Gasteiger partial charge in [-0.05, 0) is 67.9 Å². The van der Waals surface area contributed by atoms with Gasteiger partial charge in [-0.25, -0.2) is 8.42 Å². The lowest BCUT2D eigenvalue weighted by molar-refractivity contribution is -0.139. The van der Waals surface area contributed by atoms with E-state index in [0.717, 1.165) is 15.4 Å². The lowest BCUT2D eigenvalue weighted by Crippen LogP contribution is -2.50. The monoisotopic (exact) mass is 543 g/mol. The summed E-state index contributed by atoms with van der Waals surface area (Å²) < 4.78 is 33.7. The predicted octanol–water partition coefficient (Wildman–Crippen LogP) is 4.02. The SMILES string of the molecule is CNC(=O)[C@H](C)N(Cc1ccc(Cl)cc1)C(=O)CN(c1ccc(OC)cc1)S(=O)(=O)c1ccc(C)cc1. The van der Waals surface area contributed by atoms with Crippen LogP contribution in [0, 0.1) is 6.92 Å². The van der Waals surface area contributed by atoms with Gasteiger partial charge in [0.2, 0.25) is 11.8 Å². The number of nitrogens with zero attached hydrogens (tertiary/aromatic N) is 2. The molecule has 1 atom stereocenters. The van der Waals surface area contributed by atoms with E-state index in [-0.39, 0.29) is 23.0 Å². The van der Waals surface area contributed by atoms with Crippen LogP contribution in [0.2, 0.25) is 5.02 Å². The topological polar surface area (TPSA) is 96.0 Å². The summed E-state index contributed by atoms with van der Waals surface area (Å²) in [5, 5.41) is 3.09. The molecule has 0 bridgehead atoms. The highest BCUT2D eigenvalue weighted by Gasteiger charge is 2.32. The molecule has 0 radical (unpaired) electrons. The Hall–Kier alpha value is -3.56. The summed E-state index contributed by atoms with van der Waals surface area (Å²) in [5.41, 5.74) is 1.93. The van der Waals surface area contributed by atoms with E-state index in [0.29, 0.717) is 10.8 Å². The van der Waals surface area contributed by atoms with E-state index in [2.05, 4.69) is 5.32 Å². The minimum absolute atomic E-state index is 0.0466. The summed E-state index contributed by atoms with van der Waals surface area (Å²) in [6.07, 6.45) is 0. The first kappa shape index (κ1) is 28.0. The maximum atomic E-state index is 13.7. The molecule has 37 heavy (non-hydrogen) atoms. The van der Waals surface area contributed by atoms with Crippen LogP contribution in [0.3, 0.4) is 0 Å². The number of halogens is 1. The molecule has 0 saturated heterocycles. The molecule has 0 aliphatic rings. The Bertz CT molecular complexity index is 1330. The minimum atomic E-state index is -4.12. The average Bonchev–Trinajstić information content (AvgIpc) is 2.90. The van der Waals surface area contributed by atoms with Gasteiger partial charge in [0.1, 0.15) is 18.3 Å². The van der Waals surface area contributed by atoms with Crippen LogP contribution < -0.4 is 14.4 Å². The molecular formula is C27H30ClN3O5S. The Morgan fingerprint density at radius 3 is 2.11 bits per heavy atom. The van der Waals surface area contributed by atoms with Gasteiger partial charge in [0, 0.05) is 18.6 Å². The number of sulfonamides is 1. The number of rotatable bonds is 10. The number of likely N-dealkylation sites (N-methyl/N-ethyl adjacent to an activating group) is 1. The van der Waals surface area contributed by atoms with Crippen molar-refractivity contribution in [3.8, 4) is 5.75 Å². The maximum absolute atomic E-state index is 13.7. The second-order valence-corrected chi connectivity index (χ2v) is 10.8. The fourth-order valence-electron chi connectivity index (χ4n) is 3.69. The summed E-state index contributed by atoms with van der Waals surface area (Å²) in [7, 11) is -1.13. The van der Waals surface area contributed by atoms with E-state index in [1.165, 1.54) is 31.2 Å². The number of aryl methyl sites for hydroxylation is 1. The van der Waals surface area contributed by atoms with Crippen LogP contribution in [0.15, 0.2) is 77.7 Å². The van der Waals surface area contributed by atoms with Crippen molar-refractivity contribution in [2.45, 2.75) is 31.3 Å². The lowest BCUT2D eigenvalue weighted by Gasteiger charge is -2.31. The molecule has 0 heterocycles. The zero-order valence-corrected chi connectivity index (χ0v) is 22.7. The Kier molecular flexibility index (Phi) is 9.18. The molecule has 0 unspecified atom stereocenters. The largest absolute Gasteiger partial charge is 0.497 e. The second-order valence-electron chi connectivity index (χ2n) is 8.46. The molecule has 10 heteroatoms. The molecule has 0 aromatic heterocycles. The zero-order valence-electron chi connectivity index (χ0n) is 21.1. The molecule has 8 nitrogen and oxygen atoms in total. The maximum Gasteiger partial charge on any atom is 0.264 e. The molecule has 196 valence electrons. The second kappa shape index (κ2) is 12.1. The Balaban J connectivity index is 2.02. The Morgan fingerprint density at radius 1 is 0.973 bits per heavy atom. The van der Waals surface area contributed by atoms with Crippen molar-refractivity contribution in [1.29, 1.82) is 0 Å². The molecule has 0 fully saturated rings. The van der Waals surface area contributed by atoms with Gasteiger partial charge in [-0.1, -0.05) is 41.4 Å². The van der Waals surface area contributed by atoms with Gasteiger partial charge in [0.15, 0.2) is 0 Å². The molecule has 3 aromatic carbocycles. The van der Waals surface area contributed by atoms with Crippen molar-refractivity contribution in [3.63, 3.8) is 0 Å². The number of benzene rings is 3. The number of nitrogens with one attached hydrogen (secondary N) is 1. The number of amides is 2. The standard InChI is InChI=1S/C27H30ClN3O5S/c1-19-5-15-25(16-6-19)37(34,35)31(23-11-13-24(36-4)14-12-23)18-26(32)30(20(2)27(33)29-3)17-21-7-9-22(28)10-8-21/h5-16,20H,17-18H2,1-4H3,(H,29,33)/t20-/m0/s1. The molecule has 0 aliphatic heterocycles. The third-order valence-corrected chi connectivity index (χ3v) is 7.97. The average molecular weight is 544 g/mol. The summed E-state index contributed by atoms with van der Waals surface area (Å²) in [6.45, 7) is 3.03. The van der Waals surface area contributed by atoms with E-state index in [9.17, 15) is 18.0 Å². The summed E-state index contributed by atoms with van der Waals surface area (Å²) in [5.74, 6) is -0.377. The highest BCUT2D eigenvalue weighted by atomic mass is 35.5. The molecule has 0 saturated carbocycles. The normalized spacial score (nSPS) is 11.9. The van der Waals surface area contributed by atoms with Gasteiger partial charge < -0.3 is 15.0 Å². The van der Waals surface area contributed by atoms with Crippen LogP contribution in [0.4, 0.5) is 5.69 Å². The molecular weight excluding hydrogens is 514 g/mol. The van der Waals surface area contributed by atoms with E-state index >= 15 is 0 Å². The van der Waals surface area contributed by atoms with Gasteiger partial charge in [0.05, 0.1) is 17.7 Å². The lowest BCUT2D eigenvalue weighted by atomic mass is 10.1. The first-order chi connectivity index (χ1) is 17.6. The van der Waals surface area contributed by atoms with Gasteiger partial charge in [0.25, 0.3) is 10.0 Å². The van der Waals surface area contributed by atoms with Crippen LogP contribution in [0.5, 0.6) is 5.75 Å². The zero-order chi connectivity index (χ0) is 27.2. The number of carbonyl (C=O) groups is 2. The number of carbonyl (C=O) groups excluding carboxylic acids is 2. The molecule has 1 N–H and O–H groups in total. The van der Waals surface area contributed by atoms with Gasteiger partial charge >= 0.3 is 0 Å². The van der Waals surface area contributed by atoms with Crippen LogP contribution in [-0.4, -0.2) is 51.9 Å². The van der Waals surface area contributed by atoms with Crippen molar-refractivity contribution in [2.24, 2.45) is 0 Å². The smallest absolute Gasteiger partial charge is 0.264 e. The number of hydrogen-bond donors (Lipinski definition) is 1. The minimum Gasteiger partial charge on any atom is -0.497 e. The molecule has 0 aliphatic carbocycles. The first-order valence-corrected chi connectivity index (χ1v) is 13.4. The van der Waals surface area contributed by atoms with Crippen molar-refractivity contribution < 1.29 is 22.7 Å². The number of ether oxygens (including phenoxy) is 1. The van der Waals surface area contributed by atoms with Crippen molar-refractivity contribution >= 4 is 39.1 Å². The third kappa shape index (κ3) is 6.81. The molecule has 3 rings (SSSR count). The van der Waals surface area contributed by atoms with E-state index in [1.807, 2.05) is 6.92 Å². The molecule has 0 spiro atoms. The van der Waals surface area contributed by atoms with Crippen molar-refractivity contribution in [1.82, 2.24) is 10.2 Å². The summed E-state index contributed by atoms with van der Waals surface area (Å²) in [6, 6.07) is 18.8. The number of hydrogen-bond acceptors (Lipinski definition) is 5. The Labute approximate surface area is 222 Å². The number of anilines is 1. The van der Waals surface area contributed by atoms with Crippen molar-refractivity contribution in [3.05, 3.63) is 88.9 Å². The van der Waals surface area contributed by atoms with E-state index in [1.54, 1.807) is 67.6 Å². The van der Waals surface area contributed by atoms with Crippen molar-refractivity contribution in [2.75, 3.05) is 25.0 Å². The van der Waals surface area contributed by atoms with Gasteiger partial charge in [-0.3, -0.25) is 13.9 Å². The Morgan fingerprint density at radius 2 is 1.57 bits per heavy atom. The van der Waals surface area contributed by atoms with Crippen LogP contribution in [-0.2, 0) is 26.2 Å². The summed E-state index contributed by atoms with van der Waals surface area (Å²) in [4.78, 5) is 27.6. The van der Waals surface area contributed by atoms with Crippen LogP contribution in [0.25, 0.3) is 0 Å². The first-order valence-electron chi connectivity index (χ1n) is 11.6. The highest BCUT2D eigenvalue weighted by Crippen LogP contribution is 2.27. The third-order valence-electron chi connectivity index (χ3n) is 5.93. The number of methoxy groups -OCH3 is 1. The molecule has 3 aromatic rings. The molecule has 2 amide bonds. The highest BCUT2D eigenvalue weighted by molar-refractivity contribution is 7.92. The quantitative estimate of drug-likeness (QED) is 0.417. The summed E-state index contributed by atoms with van der Waals surface area (Å²) >= 11 is 6.00. The van der Waals surface area contributed by atoms with E-state index < -0.39 is 28.5 Å². The van der Waals surface area contributed by atoms with Gasteiger partial charge in [-0.2, -0.15) is 0 Å². The van der Waals surface area contributed by atoms with Crippen LogP contribution in [0.1, 0.15) is 18.1 Å². The van der Waals surface area contributed by atoms with Crippen LogP contribution >= 0.6 is 11.6 Å². The fourth-order valence-corrected chi connectivity index (χ4v) is 5.23.